The first kappa shape index (κ1) is 14.2. The fraction of sp³-hybridized carbons (Fsp3) is 0.769. The SMILES string of the molecule is CC(C)CC(CNCc1cnn(C)c1)N(C)C. The molecule has 4 heteroatoms. The summed E-state index contributed by atoms with van der Waals surface area (Å²) in [6.07, 6.45) is 5.20. The predicted molar refractivity (Wildman–Crippen MR) is 71.8 cm³/mol. The first-order valence-electron chi connectivity index (χ1n) is 6.33. The van der Waals surface area contributed by atoms with Gasteiger partial charge >= 0.3 is 0 Å². The third kappa shape index (κ3) is 5.33. The molecule has 0 aliphatic rings. The Kier molecular flexibility index (Phi) is 5.65. The van der Waals surface area contributed by atoms with Gasteiger partial charge in [0.2, 0.25) is 0 Å². The first-order valence-corrected chi connectivity index (χ1v) is 6.33. The van der Waals surface area contributed by atoms with Crippen LogP contribution < -0.4 is 5.32 Å². The molecule has 17 heavy (non-hydrogen) atoms. The van der Waals surface area contributed by atoms with Gasteiger partial charge in [0.15, 0.2) is 0 Å². The molecule has 1 aromatic rings. The summed E-state index contributed by atoms with van der Waals surface area (Å²) in [4.78, 5) is 2.30. The van der Waals surface area contributed by atoms with Crippen LogP contribution in [0.4, 0.5) is 0 Å². The molecule has 0 fully saturated rings. The topological polar surface area (TPSA) is 33.1 Å². The Hall–Kier alpha value is -0.870. The Morgan fingerprint density at radius 3 is 2.59 bits per heavy atom. The second-order valence-corrected chi connectivity index (χ2v) is 5.40. The number of rotatable bonds is 7. The van der Waals surface area contributed by atoms with Crippen molar-refractivity contribution in [2.45, 2.75) is 32.9 Å². The summed E-state index contributed by atoms with van der Waals surface area (Å²) in [6.45, 7) is 6.48. The van der Waals surface area contributed by atoms with Crippen molar-refractivity contribution in [2.24, 2.45) is 13.0 Å². The zero-order chi connectivity index (χ0) is 12.8. The average molecular weight is 238 g/mol. The van der Waals surface area contributed by atoms with E-state index in [4.69, 9.17) is 0 Å². The molecule has 0 aliphatic heterocycles. The smallest absolute Gasteiger partial charge is 0.0534 e. The summed E-state index contributed by atoms with van der Waals surface area (Å²) in [5, 5.41) is 7.67. The number of nitrogens with zero attached hydrogens (tertiary/aromatic N) is 3. The molecule has 1 unspecified atom stereocenters. The summed E-state index contributed by atoms with van der Waals surface area (Å²) in [7, 11) is 6.25. The molecular weight excluding hydrogens is 212 g/mol. The minimum absolute atomic E-state index is 0.603. The molecule has 0 saturated carbocycles. The molecule has 1 aromatic heterocycles. The number of hydrogen-bond acceptors (Lipinski definition) is 3. The monoisotopic (exact) mass is 238 g/mol. The molecule has 0 spiro atoms. The van der Waals surface area contributed by atoms with Gasteiger partial charge in [0.25, 0.3) is 0 Å². The van der Waals surface area contributed by atoms with Crippen LogP contribution in [-0.2, 0) is 13.6 Å². The number of aromatic nitrogens is 2. The highest BCUT2D eigenvalue weighted by Gasteiger charge is 2.12. The van der Waals surface area contributed by atoms with E-state index in [1.165, 1.54) is 12.0 Å². The van der Waals surface area contributed by atoms with Crippen LogP contribution in [0.3, 0.4) is 0 Å². The molecule has 1 heterocycles. The van der Waals surface area contributed by atoms with Crippen LogP contribution >= 0.6 is 0 Å². The maximum atomic E-state index is 4.16. The summed E-state index contributed by atoms with van der Waals surface area (Å²) in [5.41, 5.74) is 1.24. The van der Waals surface area contributed by atoms with E-state index in [2.05, 4.69) is 49.5 Å². The van der Waals surface area contributed by atoms with E-state index in [0.717, 1.165) is 19.0 Å². The molecule has 1 N–H and O–H groups in total. The van der Waals surface area contributed by atoms with Gasteiger partial charge in [0.05, 0.1) is 6.20 Å². The van der Waals surface area contributed by atoms with Crippen LogP contribution in [0, 0.1) is 5.92 Å². The minimum Gasteiger partial charge on any atom is -0.311 e. The van der Waals surface area contributed by atoms with Gasteiger partial charge in [-0.2, -0.15) is 5.10 Å². The number of nitrogens with one attached hydrogen (secondary N) is 1. The summed E-state index contributed by atoms with van der Waals surface area (Å²) >= 11 is 0. The van der Waals surface area contributed by atoms with E-state index >= 15 is 0 Å². The van der Waals surface area contributed by atoms with Crippen molar-refractivity contribution >= 4 is 0 Å². The molecule has 0 aromatic carbocycles. The summed E-state index contributed by atoms with van der Waals surface area (Å²) in [6, 6.07) is 0.603. The van der Waals surface area contributed by atoms with E-state index in [-0.39, 0.29) is 0 Å². The van der Waals surface area contributed by atoms with Crippen molar-refractivity contribution < 1.29 is 0 Å². The molecule has 0 radical (unpaired) electrons. The Labute approximate surface area is 105 Å². The van der Waals surface area contributed by atoms with Gasteiger partial charge in [0.1, 0.15) is 0 Å². The highest BCUT2D eigenvalue weighted by molar-refractivity contribution is 5.02. The molecule has 1 rings (SSSR count). The maximum Gasteiger partial charge on any atom is 0.0534 e. The maximum absolute atomic E-state index is 4.16. The van der Waals surface area contributed by atoms with Crippen molar-refractivity contribution in [1.29, 1.82) is 0 Å². The zero-order valence-electron chi connectivity index (χ0n) is 11.8. The number of hydrogen-bond donors (Lipinski definition) is 1. The van der Waals surface area contributed by atoms with Crippen molar-refractivity contribution in [1.82, 2.24) is 20.0 Å². The number of likely N-dealkylation sites (N-methyl/N-ethyl adjacent to an activating group) is 1. The summed E-state index contributed by atoms with van der Waals surface area (Å²) in [5.74, 6) is 0.739. The van der Waals surface area contributed by atoms with E-state index < -0.39 is 0 Å². The molecular formula is C13H26N4. The Balaban J connectivity index is 2.31. The lowest BCUT2D eigenvalue weighted by Gasteiger charge is -2.26. The van der Waals surface area contributed by atoms with Crippen molar-refractivity contribution in [3.8, 4) is 0 Å². The van der Waals surface area contributed by atoms with Crippen molar-refractivity contribution in [3.05, 3.63) is 18.0 Å². The molecule has 1 atom stereocenters. The van der Waals surface area contributed by atoms with Gasteiger partial charge in [-0.25, -0.2) is 0 Å². The highest BCUT2D eigenvalue weighted by atomic mass is 15.2. The lowest BCUT2D eigenvalue weighted by atomic mass is 10.0. The van der Waals surface area contributed by atoms with Crippen LogP contribution in [0.15, 0.2) is 12.4 Å². The Morgan fingerprint density at radius 1 is 1.41 bits per heavy atom. The van der Waals surface area contributed by atoms with Crippen LogP contribution in [0.1, 0.15) is 25.8 Å². The van der Waals surface area contributed by atoms with Crippen LogP contribution in [-0.4, -0.2) is 41.4 Å². The van der Waals surface area contributed by atoms with Gasteiger partial charge in [-0.1, -0.05) is 13.8 Å². The van der Waals surface area contributed by atoms with E-state index in [1.54, 1.807) is 0 Å². The fourth-order valence-corrected chi connectivity index (χ4v) is 1.97. The Bertz CT molecular complexity index is 317. The largest absolute Gasteiger partial charge is 0.311 e. The van der Waals surface area contributed by atoms with Crippen LogP contribution in [0.5, 0.6) is 0 Å². The van der Waals surface area contributed by atoms with Crippen molar-refractivity contribution in [3.63, 3.8) is 0 Å². The van der Waals surface area contributed by atoms with Crippen LogP contribution in [0.25, 0.3) is 0 Å². The fourth-order valence-electron chi connectivity index (χ4n) is 1.97. The second-order valence-electron chi connectivity index (χ2n) is 5.40. The molecule has 0 saturated heterocycles. The van der Waals surface area contributed by atoms with Gasteiger partial charge in [-0.15, -0.1) is 0 Å². The quantitative estimate of drug-likeness (QED) is 0.781. The third-order valence-electron chi connectivity index (χ3n) is 2.94. The molecule has 4 nitrogen and oxygen atoms in total. The second kappa shape index (κ2) is 6.77. The summed E-state index contributed by atoms with van der Waals surface area (Å²) < 4.78 is 1.84. The predicted octanol–water partition coefficient (Wildman–Crippen LogP) is 1.49. The van der Waals surface area contributed by atoms with Gasteiger partial charge in [0, 0.05) is 37.9 Å². The molecule has 0 amide bonds. The standard InChI is InChI=1S/C13H26N4/c1-11(2)6-13(16(3)4)9-14-7-12-8-15-17(5)10-12/h8,10-11,13-14H,6-7,9H2,1-5H3. The van der Waals surface area contributed by atoms with Gasteiger partial charge in [-0.05, 0) is 26.4 Å². The zero-order valence-corrected chi connectivity index (χ0v) is 11.8. The molecule has 98 valence electrons. The lowest BCUT2D eigenvalue weighted by Crippen LogP contribution is -2.38. The van der Waals surface area contributed by atoms with Gasteiger partial charge < -0.3 is 10.2 Å². The Morgan fingerprint density at radius 2 is 2.12 bits per heavy atom. The highest BCUT2D eigenvalue weighted by Crippen LogP contribution is 2.08. The van der Waals surface area contributed by atoms with E-state index in [0.29, 0.717) is 6.04 Å². The molecule has 0 aliphatic carbocycles. The normalized spacial score (nSPS) is 13.6. The van der Waals surface area contributed by atoms with Crippen molar-refractivity contribution in [2.75, 3.05) is 20.6 Å². The van der Waals surface area contributed by atoms with E-state index in [9.17, 15) is 0 Å². The molecule has 0 bridgehead atoms. The van der Waals surface area contributed by atoms with Crippen LogP contribution in [0.2, 0.25) is 0 Å². The third-order valence-corrected chi connectivity index (χ3v) is 2.94. The number of aryl methyl sites for hydroxylation is 1. The van der Waals surface area contributed by atoms with Gasteiger partial charge in [-0.3, -0.25) is 4.68 Å². The minimum atomic E-state index is 0.603. The average Bonchev–Trinajstić information content (AvgIpc) is 2.62. The lowest BCUT2D eigenvalue weighted by molar-refractivity contribution is 0.246. The van der Waals surface area contributed by atoms with E-state index in [1.807, 2.05) is 17.9 Å². The first-order chi connectivity index (χ1) is 7.99.